The standard InChI is InChI=1S/C28H24BrCl2N3O2/c29-23-14-18(10-13-26(23)36-17-20-11-12-21(30)15-24(20)31)16-32-34-27(19-6-2-1-3-7-19)33-25-9-5-4-8-22(25)28(34)35/h4-5,8-16,19H,1-3,6-7,17H2. The third kappa shape index (κ3) is 5.51. The second-order valence-corrected chi connectivity index (χ2v) is 10.6. The topological polar surface area (TPSA) is 56.5 Å². The molecule has 0 amide bonds. The summed E-state index contributed by atoms with van der Waals surface area (Å²) in [5, 5.41) is 6.32. The zero-order valence-electron chi connectivity index (χ0n) is 19.5. The van der Waals surface area contributed by atoms with Crippen LogP contribution < -0.4 is 10.3 Å². The second-order valence-electron chi connectivity index (χ2n) is 8.90. The van der Waals surface area contributed by atoms with Crippen molar-refractivity contribution in [1.29, 1.82) is 0 Å². The van der Waals surface area contributed by atoms with E-state index in [-0.39, 0.29) is 11.5 Å². The van der Waals surface area contributed by atoms with Crippen molar-refractivity contribution < 1.29 is 4.74 Å². The maximum Gasteiger partial charge on any atom is 0.282 e. The molecule has 0 radical (unpaired) electrons. The first-order valence-electron chi connectivity index (χ1n) is 11.9. The molecule has 0 saturated heterocycles. The molecule has 5 rings (SSSR count). The van der Waals surface area contributed by atoms with Gasteiger partial charge in [0.2, 0.25) is 0 Å². The number of rotatable bonds is 6. The number of para-hydroxylation sites is 1. The highest BCUT2D eigenvalue weighted by atomic mass is 79.9. The van der Waals surface area contributed by atoms with Gasteiger partial charge in [-0.05, 0) is 76.8 Å². The fourth-order valence-corrected chi connectivity index (χ4v) is 5.48. The van der Waals surface area contributed by atoms with Crippen molar-refractivity contribution >= 4 is 56.2 Å². The Labute approximate surface area is 227 Å². The Balaban J connectivity index is 1.41. The Hall–Kier alpha value is -2.67. The molecule has 1 aliphatic carbocycles. The second kappa shape index (κ2) is 11.2. The summed E-state index contributed by atoms with van der Waals surface area (Å²) >= 11 is 15.8. The average molecular weight is 585 g/mol. The molecule has 36 heavy (non-hydrogen) atoms. The fourth-order valence-electron chi connectivity index (χ4n) is 4.51. The summed E-state index contributed by atoms with van der Waals surface area (Å²) in [6.45, 7) is 0.310. The lowest BCUT2D eigenvalue weighted by atomic mass is 9.88. The number of ether oxygens (including phenoxy) is 1. The van der Waals surface area contributed by atoms with Crippen molar-refractivity contribution in [3.8, 4) is 5.75 Å². The molecule has 3 aromatic carbocycles. The highest BCUT2D eigenvalue weighted by Gasteiger charge is 2.22. The lowest BCUT2D eigenvalue weighted by Gasteiger charge is -2.22. The summed E-state index contributed by atoms with van der Waals surface area (Å²) < 4.78 is 8.20. The maximum absolute atomic E-state index is 13.4. The molecule has 1 aliphatic rings. The molecule has 1 heterocycles. The number of nitrogens with zero attached hydrogens (tertiary/aromatic N) is 3. The van der Waals surface area contributed by atoms with Crippen LogP contribution in [-0.2, 0) is 6.61 Å². The molecule has 0 spiro atoms. The zero-order chi connectivity index (χ0) is 25.1. The molecular weight excluding hydrogens is 561 g/mol. The molecule has 1 fully saturated rings. The zero-order valence-corrected chi connectivity index (χ0v) is 22.6. The molecule has 184 valence electrons. The summed E-state index contributed by atoms with van der Waals surface area (Å²) in [6, 6.07) is 18.4. The minimum atomic E-state index is -0.142. The van der Waals surface area contributed by atoms with Crippen LogP contribution in [0.25, 0.3) is 10.9 Å². The number of hydrogen-bond acceptors (Lipinski definition) is 4. The van der Waals surface area contributed by atoms with Crippen LogP contribution >= 0.6 is 39.1 Å². The van der Waals surface area contributed by atoms with Gasteiger partial charge in [-0.15, -0.1) is 0 Å². The van der Waals surface area contributed by atoms with Crippen LogP contribution in [0.2, 0.25) is 10.0 Å². The molecule has 0 N–H and O–H groups in total. The SMILES string of the molecule is O=c1c2ccccc2nc(C2CCCCC2)n1N=Cc1ccc(OCc2ccc(Cl)cc2Cl)c(Br)c1. The van der Waals surface area contributed by atoms with Gasteiger partial charge in [0.15, 0.2) is 0 Å². The number of halogens is 3. The summed E-state index contributed by atoms with van der Waals surface area (Å²) in [5.41, 5.74) is 2.25. The first kappa shape index (κ1) is 25.0. The molecule has 1 saturated carbocycles. The van der Waals surface area contributed by atoms with Crippen LogP contribution in [-0.4, -0.2) is 15.9 Å². The van der Waals surface area contributed by atoms with Crippen molar-refractivity contribution in [2.75, 3.05) is 0 Å². The number of hydrogen-bond donors (Lipinski definition) is 0. The summed E-state index contributed by atoms with van der Waals surface area (Å²) in [7, 11) is 0. The van der Waals surface area contributed by atoms with Crippen LogP contribution in [0.5, 0.6) is 5.75 Å². The highest BCUT2D eigenvalue weighted by Crippen LogP contribution is 2.32. The predicted molar refractivity (Wildman–Crippen MR) is 150 cm³/mol. The lowest BCUT2D eigenvalue weighted by molar-refractivity contribution is 0.304. The first-order chi connectivity index (χ1) is 17.5. The van der Waals surface area contributed by atoms with Crippen LogP contribution in [0.15, 0.2) is 75.0 Å². The largest absolute Gasteiger partial charge is 0.488 e. The molecule has 0 bridgehead atoms. The Morgan fingerprint density at radius 3 is 2.64 bits per heavy atom. The van der Waals surface area contributed by atoms with E-state index in [0.717, 1.165) is 52.6 Å². The van der Waals surface area contributed by atoms with E-state index in [1.807, 2.05) is 42.5 Å². The van der Waals surface area contributed by atoms with E-state index in [9.17, 15) is 4.79 Å². The minimum Gasteiger partial charge on any atom is -0.488 e. The minimum absolute atomic E-state index is 0.142. The fraction of sp³-hybridized carbons (Fsp3) is 0.250. The summed E-state index contributed by atoms with van der Waals surface area (Å²) in [4.78, 5) is 18.2. The van der Waals surface area contributed by atoms with Crippen LogP contribution in [0.3, 0.4) is 0 Å². The van der Waals surface area contributed by atoms with Crippen molar-refractivity contribution in [2.24, 2.45) is 5.10 Å². The van der Waals surface area contributed by atoms with Crippen molar-refractivity contribution in [2.45, 2.75) is 44.6 Å². The van der Waals surface area contributed by atoms with Gasteiger partial charge in [0.1, 0.15) is 18.2 Å². The molecule has 4 aromatic rings. The summed E-state index contributed by atoms with van der Waals surface area (Å²) in [6.07, 6.45) is 7.25. The van der Waals surface area contributed by atoms with E-state index in [1.165, 1.54) is 11.1 Å². The van der Waals surface area contributed by atoms with Gasteiger partial charge in [-0.2, -0.15) is 9.78 Å². The van der Waals surface area contributed by atoms with Crippen molar-refractivity contribution in [3.63, 3.8) is 0 Å². The molecule has 0 unspecified atom stereocenters. The van der Waals surface area contributed by atoms with Crippen molar-refractivity contribution in [1.82, 2.24) is 9.66 Å². The Bertz CT molecular complexity index is 1500. The van der Waals surface area contributed by atoms with E-state index >= 15 is 0 Å². The Morgan fingerprint density at radius 1 is 1.06 bits per heavy atom. The van der Waals surface area contributed by atoms with Gasteiger partial charge < -0.3 is 4.74 Å². The Kier molecular flexibility index (Phi) is 7.75. The number of fused-ring (bicyclic) bond motifs is 1. The van der Waals surface area contributed by atoms with E-state index in [2.05, 4.69) is 21.0 Å². The van der Waals surface area contributed by atoms with Gasteiger partial charge in [-0.3, -0.25) is 4.79 Å². The Morgan fingerprint density at radius 2 is 1.86 bits per heavy atom. The predicted octanol–water partition coefficient (Wildman–Crippen LogP) is 7.97. The lowest BCUT2D eigenvalue weighted by Crippen LogP contribution is -2.25. The quantitative estimate of drug-likeness (QED) is 0.216. The molecule has 8 heteroatoms. The number of benzene rings is 3. The summed E-state index contributed by atoms with van der Waals surface area (Å²) in [5.74, 6) is 1.65. The van der Waals surface area contributed by atoms with Gasteiger partial charge >= 0.3 is 0 Å². The molecule has 5 nitrogen and oxygen atoms in total. The average Bonchev–Trinajstić information content (AvgIpc) is 2.89. The van der Waals surface area contributed by atoms with E-state index in [1.54, 1.807) is 24.4 Å². The maximum atomic E-state index is 13.4. The van der Waals surface area contributed by atoms with Crippen LogP contribution in [0, 0.1) is 0 Å². The van der Waals surface area contributed by atoms with E-state index < -0.39 is 0 Å². The normalized spacial score (nSPS) is 14.5. The molecule has 1 aromatic heterocycles. The third-order valence-electron chi connectivity index (χ3n) is 6.43. The monoisotopic (exact) mass is 583 g/mol. The molecular formula is C28H24BrCl2N3O2. The van der Waals surface area contributed by atoms with Gasteiger partial charge in [0.25, 0.3) is 5.56 Å². The van der Waals surface area contributed by atoms with Gasteiger partial charge in [-0.1, -0.05) is 60.7 Å². The van der Waals surface area contributed by atoms with E-state index in [0.29, 0.717) is 27.8 Å². The van der Waals surface area contributed by atoms with Crippen molar-refractivity contribution in [3.05, 3.63) is 102 Å². The smallest absolute Gasteiger partial charge is 0.282 e. The first-order valence-corrected chi connectivity index (χ1v) is 13.5. The van der Waals surface area contributed by atoms with Gasteiger partial charge in [-0.25, -0.2) is 4.98 Å². The van der Waals surface area contributed by atoms with Crippen LogP contribution in [0.1, 0.15) is 55.0 Å². The van der Waals surface area contributed by atoms with E-state index in [4.69, 9.17) is 32.9 Å². The van der Waals surface area contributed by atoms with Crippen LogP contribution in [0.4, 0.5) is 0 Å². The molecule has 0 aliphatic heterocycles. The van der Waals surface area contributed by atoms with Gasteiger partial charge in [0, 0.05) is 21.5 Å². The highest BCUT2D eigenvalue weighted by molar-refractivity contribution is 9.10. The third-order valence-corrected chi connectivity index (χ3v) is 7.63. The molecule has 0 atom stereocenters. The van der Waals surface area contributed by atoms with Gasteiger partial charge in [0.05, 0.1) is 21.6 Å². The number of aromatic nitrogens is 2.